The van der Waals surface area contributed by atoms with Gasteiger partial charge < -0.3 is 9.47 Å². The molecule has 116 valence electrons. The lowest BCUT2D eigenvalue weighted by atomic mass is 9.98. The van der Waals surface area contributed by atoms with Crippen LogP contribution in [0.1, 0.15) is 55.8 Å². The van der Waals surface area contributed by atoms with Crippen LogP contribution in [-0.4, -0.2) is 13.2 Å². The number of halogens is 1. The highest BCUT2D eigenvalue weighted by Gasteiger charge is 2.19. The minimum Gasteiger partial charge on any atom is -0.489 e. The molecular weight excluding hydrogens is 328 g/mol. The maximum atomic E-state index is 5.88. The highest BCUT2D eigenvalue weighted by atomic mass is 79.9. The van der Waals surface area contributed by atoms with Crippen LogP contribution in [0.2, 0.25) is 0 Å². The summed E-state index contributed by atoms with van der Waals surface area (Å²) in [7, 11) is 0. The van der Waals surface area contributed by atoms with Crippen molar-refractivity contribution in [3.63, 3.8) is 0 Å². The average molecular weight is 353 g/mol. The largest absolute Gasteiger partial charge is 0.489 e. The lowest BCUT2D eigenvalue weighted by Gasteiger charge is -2.15. The average Bonchev–Trinajstić information content (AvgIpc) is 2.95. The molecular formula is C18H25BrO2. The van der Waals surface area contributed by atoms with E-state index in [9.17, 15) is 0 Å². The van der Waals surface area contributed by atoms with E-state index in [2.05, 4.69) is 41.1 Å². The summed E-state index contributed by atoms with van der Waals surface area (Å²) < 4.78 is 11.7. The molecule has 1 saturated carbocycles. The molecule has 1 aliphatic carbocycles. The Labute approximate surface area is 136 Å². The Hall–Kier alpha value is -0.700. The Morgan fingerprint density at radius 1 is 1.14 bits per heavy atom. The number of fused-ring (bicyclic) bond motifs is 1. The van der Waals surface area contributed by atoms with Crippen molar-refractivity contribution in [2.24, 2.45) is 11.8 Å². The number of benzene rings is 1. The predicted octanol–water partition coefficient (Wildman–Crippen LogP) is 5.50. The highest BCUT2D eigenvalue weighted by Crippen LogP contribution is 2.38. The van der Waals surface area contributed by atoms with Crippen LogP contribution in [0.4, 0.5) is 0 Å². The number of hydrogen-bond donors (Lipinski definition) is 0. The monoisotopic (exact) mass is 352 g/mol. The second-order valence-electron chi connectivity index (χ2n) is 6.63. The van der Waals surface area contributed by atoms with Crippen LogP contribution in [0.3, 0.4) is 0 Å². The van der Waals surface area contributed by atoms with Crippen LogP contribution < -0.4 is 9.47 Å². The normalized spacial score (nSPS) is 23.8. The molecule has 1 aliphatic heterocycles. The van der Waals surface area contributed by atoms with Crippen molar-refractivity contribution in [3.05, 3.63) is 23.8 Å². The van der Waals surface area contributed by atoms with Crippen molar-refractivity contribution in [1.29, 1.82) is 0 Å². The van der Waals surface area contributed by atoms with Crippen molar-refractivity contribution in [3.8, 4) is 11.5 Å². The summed E-state index contributed by atoms with van der Waals surface area (Å²) in [6.07, 6.45) is 8.26. The summed E-state index contributed by atoms with van der Waals surface area (Å²) in [6, 6.07) is 6.39. The lowest BCUT2D eigenvalue weighted by Crippen LogP contribution is -2.12. The molecule has 1 heterocycles. The van der Waals surface area contributed by atoms with E-state index in [1.807, 2.05) is 0 Å². The number of alkyl halides is 1. The summed E-state index contributed by atoms with van der Waals surface area (Å²) in [5, 5.41) is 0. The molecule has 3 rings (SSSR count). The highest BCUT2D eigenvalue weighted by molar-refractivity contribution is 9.09. The molecule has 0 amide bonds. The van der Waals surface area contributed by atoms with E-state index in [0.29, 0.717) is 10.7 Å². The molecule has 2 nitrogen and oxygen atoms in total. The fourth-order valence-electron chi connectivity index (χ4n) is 3.31. The number of ether oxygens (including phenoxy) is 2. The molecule has 3 heteroatoms. The van der Waals surface area contributed by atoms with Gasteiger partial charge in [-0.05, 0) is 36.5 Å². The number of rotatable bonds is 4. The van der Waals surface area contributed by atoms with Gasteiger partial charge in [0.25, 0.3) is 0 Å². The zero-order valence-corrected chi connectivity index (χ0v) is 14.4. The van der Waals surface area contributed by atoms with E-state index in [0.717, 1.165) is 30.6 Å². The second kappa shape index (κ2) is 7.04. The van der Waals surface area contributed by atoms with Crippen LogP contribution in [0.25, 0.3) is 0 Å². The molecule has 2 atom stereocenters. The van der Waals surface area contributed by atoms with Gasteiger partial charge >= 0.3 is 0 Å². The Morgan fingerprint density at radius 3 is 2.62 bits per heavy atom. The van der Waals surface area contributed by atoms with Gasteiger partial charge in [-0.2, -0.15) is 0 Å². The van der Waals surface area contributed by atoms with Crippen LogP contribution >= 0.6 is 15.9 Å². The van der Waals surface area contributed by atoms with Gasteiger partial charge in [-0.3, -0.25) is 0 Å². The first-order valence-corrected chi connectivity index (χ1v) is 9.17. The van der Waals surface area contributed by atoms with E-state index in [-0.39, 0.29) is 0 Å². The Kier molecular flexibility index (Phi) is 5.10. The molecule has 0 aromatic heterocycles. The third kappa shape index (κ3) is 3.94. The van der Waals surface area contributed by atoms with Crippen LogP contribution in [0, 0.1) is 11.8 Å². The van der Waals surface area contributed by atoms with Gasteiger partial charge in [0.1, 0.15) is 0 Å². The topological polar surface area (TPSA) is 18.5 Å². The minimum absolute atomic E-state index is 0.424. The van der Waals surface area contributed by atoms with Crippen LogP contribution in [-0.2, 0) is 0 Å². The second-order valence-corrected chi connectivity index (χ2v) is 7.73. The Morgan fingerprint density at radius 2 is 1.86 bits per heavy atom. The third-order valence-corrected chi connectivity index (χ3v) is 5.67. The maximum absolute atomic E-state index is 5.88. The maximum Gasteiger partial charge on any atom is 0.161 e. The molecule has 21 heavy (non-hydrogen) atoms. The smallest absolute Gasteiger partial charge is 0.161 e. The van der Waals surface area contributed by atoms with Gasteiger partial charge in [-0.25, -0.2) is 0 Å². The first-order chi connectivity index (χ1) is 10.2. The lowest BCUT2D eigenvalue weighted by molar-refractivity contribution is 0.228. The summed E-state index contributed by atoms with van der Waals surface area (Å²) in [5.41, 5.74) is 1.31. The first kappa shape index (κ1) is 15.2. The predicted molar refractivity (Wildman–Crippen MR) is 89.5 cm³/mol. The van der Waals surface area contributed by atoms with Gasteiger partial charge in [0.2, 0.25) is 0 Å². The summed E-state index contributed by atoms with van der Waals surface area (Å²) in [4.78, 5) is 0.424. The first-order valence-electron chi connectivity index (χ1n) is 8.26. The van der Waals surface area contributed by atoms with Gasteiger partial charge in [0, 0.05) is 10.7 Å². The molecule has 1 aromatic carbocycles. The molecule has 1 aromatic rings. The number of hydrogen-bond acceptors (Lipinski definition) is 2. The summed E-state index contributed by atoms with van der Waals surface area (Å²) in [5.74, 6) is 3.19. The van der Waals surface area contributed by atoms with E-state index >= 15 is 0 Å². The standard InChI is InChI=1S/C18H25BrO2/c1-13-11-20-17-9-7-15(10-18(17)21-12-13)16(19)8-6-14-4-2-3-5-14/h7,9-10,13-14,16H,2-6,8,11-12H2,1H3. The molecule has 2 aliphatic rings. The molecule has 0 N–H and O–H groups in total. The summed E-state index contributed by atoms with van der Waals surface area (Å²) >= 11 is 3.86. The fraction of sp³-hybridized carbons (Fsp3) is 0.667. The third-order valence-electron chi connectivity index (χ3n) is 4.68. The minimum atomic E-state index is 0.424. The van der Waals surface area contributed by atoms with Crippen molar-refractivity contribution in [2.75, 3.05) is 13.2 Å². The van der Waals surface area contributed by atoms with Gasteiger partial charge in [-0.15, -0.1) is 0 Å². The van der Waals surface area contributed by atoms with Gasteiger partial charge in [0.05, 0.1) is 13.2 Å². The van der Waals surface area contributed by atoms with Crippen molar-refractivity contribution < 1.29 is 9.47 Å². The molecule has 0 saturated heterocycles. The van der Waals surface area contributed by atoms with E-state index < -0.39 is 0 Å². The van der Waals surface area contributed by atoms with Gasteiger partial charge in [-0.1, -0.05) is 54.6 Å². The van der Waals surface area contributed by atoms with Crippen LogP contribution in [0.15, 0.2) is 18.2 Å². The molecule has 0 spiro atoms. The van der Waals surface area contributed by atoms with Crippen molar-refractivity contribution >= 4 is 15.9 Å². The molecule has 1 fully saturated rings. The zero-order chi connectivity index (χ0) is 14.7. The van der Waals surface area contributed by atoms with E-state index in [4.69, 9.17) is 9.47 Å². The van der Waals surface area contributed by atoms with Crippen molar-refractivity contribution in [2.45, 2.75) is 50.3 Å². The van der Waals surface area contributed by atoms with Crippen LogP contribution in [0.5, 0.6) is 11.5 Å². The quantitative estimate of drug-likeness (QED) is 0.666. The van der Waals surface area contributed by atoms with E-state index in [1.54, 1.807) is 0 Å². The Bertz CT molecular complexity index is 468. The zero-order valence-electron chi connectivity index (χ0n) is 12.8. The van der Waals surface area contributed by atoms with Crippen molar-refractivity contribution in [1.82, 2.24) is 0 Å². The Balaban J connectivity index is 1.62. The molecule has 2 unspecified atom stereocenters. The fourth-order valence-corrected chi connectivity index (χ4v) is 3.86. The van der Waals surface area contributed by atoms with Gasteiger partial charge in [0.15, 0.2) is 11.5 Å². The molecule has 0 bridgehead atoms. The molecule has 0 radical (unpaired) electrons. The van der Waals surface area contributed by atoms with E-state index in [1.165, 1.54) is 44.1 Å². The summed E-state index contributed by atoms with van der Waals surface area (Å²) in [6.45, 7) is 3.64. The SMILES string of the molecule is CC1COc2ccc(C(Br)CCC3CCCC3)cc2OC1.